The van der Waals surface area contributed by atoms with Gasteiger partial charge in [-0.2, -0.15) is 4.68 Å². The van der Waals surface area contributed by atoms with Crippen LogP contribution in [0.4, 0.5) is 0 Å². The van der Waals surface area contributed by atoms with Crippen LogP contribution in [0, 0.1) is 0 Å². The number of ether oxygens (including phenoxy) is 1. The van der Waals surface area contributed by atoms with Gasteiger partial charge in [-0.05, 0) is 53.1 Å². The zero-order valence-electron chi connectivity index (χ0n) is 15.4. The van der Waals surface area contributed by atoms with Gasteiger partial charge >= 0.3 is 5.97 Å². The van der Waals surface area contributed by atoms with E-state index in [-0.39, 0.29) is 12.6 Å². The highest BCUT2D eigenvalue weighted by Gasteiger charge is 2.42. The molecule has 0 atom stereocenters. The molecular formula is C21H21ClN4O2. The first-order valence-electron chi connectivity index (χ1n) is 9.45. The number of halogens is 1. The fraction of sp³-hybridized carbons (Fsp3) is 0.333. The lowest BCUT2D eigenvalue weighted by atomic mass is 9.69. The van der Waals surface area contributed by atoms with Crippen LogP contribution >= 0.6 is 11.6 Å². The van der Waals surface area contributed by atoms with Gasteiger partial charge in [-0.15, -0.1) is 5.10 Å². The third kappa shape index (κ3) is 3.64. The summed E-state index contributed by atoms with van der Waals surface area (Å²) in [6, 6.07) is 17.1. The third-order valence-corrected chi connectivity index (χ3v) is 5.58. The molecule has 0 bridgehead atoms. The molecule has 1 heterocycles. The Morgan fingerprint density at radius 1 is 1.07 bits per heavy atom. The van der Waals surface area contributed by atoms with E-state index in [0.29, 0.717) is 10.8 Å². The molecule has 1 aliphatic carbocycles. The number of hydrogen-bond acceptors (Lipinski definition) is 5. The van der Waals surface area contributed by atoms with Crippen molar-refractivity contribution < 1.29 is 9.53 Å². The van der Waals surface area contributed by atoms with Gasteiger partial charge in [0.05, 0.1) is 11.1 Å². The van der Waals surface area contributed by atoms with Crippen LogP contribution in [0.25, 0.3) is 5.69 Å². The van der Waals surface area contributed by atoms with Crippen molar-refractivity contribution in [2.24, 2.45) is 0 Å². The maximum atomic E-state index is 13.2. The molecule has 1 aromatic heterocycles. The summed E-state index contributed by atoms with van der Waals surface area (Å²) < 4.78 is 7.32. The van der Waals surface area contributed by atoms with Gasteiger partial charge in [0.2, 0.25) is 0 Å². The molecule has 1 aliphatic rings. The molecule has 2 aromatic carbocycles. The number of carbonyl (C=O) groups excluding carboxylic acids is 1. The summed E-state index contributed by atoms with van der Waals surface area (Å²) in [6.45, 7) is 0.0169. The molecule has 0 radical (unpaired) electrons. The van der Waals surface area contributed by atoms with Crippen molar-refractivity contribution in [2.45, 2.75) is 44.1 Å². The van der Waals surface area contributed by atoms with Gasteiger partial charge in [0.15, 0.2) is 12.4 Å². The minimum absolute atomic E-state index is 0.0169. The van der Waals surface area contributed by atoms with Gasteiger partial charge in [-0.1, -0.05) is 61.2 Å². The van der Waals surface area contributed by atoms with E-state index in [2.05, 4.69) is 15.5 Å². The summed E-state index contributed by atoms with van der Waals surface area (Å²) in [7, 11) is 0. The summed E-state index contributed by atoms with van der Waals surface area (Å²) in [5, 5.41) is 12.4. The summed E-state index contributed by atoms with van der Waals surface area (Å²) in [5.41, 5.74) is 1.09. The number of aromatic nitrogens is 4. The number of esters is 1. The van der Waals surface area contributed by atoms with Crippen LogP contribution in [0.1, 0.15) is 43.5 Å². The van der Waals surface area contributed by atoms with Crippen molar-refractivity contribution >= 4 is 17.6 Å². The summed E-state index contributed by atoms with van der Waals surface area (Å²) in [6.07, 6.45) is 4.63. The highest BCUT2D eigenvalue weighted by molar-refractivity contribution is 6.30. The lowest BCUT2D eigenvalue weighted by Gasteiger charge is -2.35. The van der Waals surface area contributed by atoms with Gasteiger partial charge in [0, 0.05) is 5.02 Å². The van der Waals surface area contributed by atoms with E-state index in [1.54, 1.807) is 4.68 Å². The molecule has 1 saturated carbocycles. The van der Waals surface area contributed by atoms with Crippen molar-refractivity contribution in [3.8, 4) is 5.69 Å². The quantitative estimate of drug-likeness (QED) is 0.602. The maximum absolute atomic E-state index is 13.2. The van der Waals surface area contributed by atoms with Crippen LogP contribution in [-0.2, 0) is 21.6 Å². The molecule has 0 amide bonds. The van der Waals surface area contributed by atoms with E-state index >= 15 is 0 Å². The fourth-order valence-electron chi connectivity index (χ4n) is 3.89. The van der Waals surface area contributed by atoms with Crippen molar-refractivity contribution in [1.82, 2.24) is 20.2 Å². The van der Waals surface area contributed by atoms with Gasteiger partial charge in [-0.3, -0.25) is 4.79 Å². The van der Waals surface area contributed by atoms with Crippen LogP contribution in [0.2, 0.25) is 5.02 Å². The number of rotatable bonds is 5. The van der Waals surface area contributed by atoms with E-state index in [4.69, 9.17) is 16.3 Å². The molecule has 28 heavy (non-hydrogen) atoms. The summed E-state index contributed by atoms with van der Waals surface area (Å²) in [5.74, 6) is 0.244. The normalized spacial score (nSPS) is 15.9. The Labute approximate surface area is 168 Å². The zero-order chi connectivity index (χ0) is 19.4. The average Bonchev–Trinajstić information content (AvgIpc) is 3.22. The molecule has 1 fully saturated rings. The number of para-hydroxylation sites is 1. The average molecular weight is 397 g/mol. The first-order valence-corrected chi connectivity index (χ1v) is 9.83. The van der Waals surface area contributed by atoms with Gasteiger partial charge in [0.1, 0.15) is 0 Å². The Morgan fingerprint density at radius 3 is 2.61 bits per heavy atom. The van der Waals surface area contributed by atoms with Crippen molar-refractivity contribution in [1.29, 1.82) is 0 Å². The highest BCUT2D eigenvalue weighted by atomic mass is 35.5. The Hall–Kier alpha value is -2.73. The van der Waals surface area contributed by atoms with Crippen molar-refractivity contribution in [2.75, 3.05) is 0 Å². The molecule has 7 heteroatoms. The Morgan fingerprint density at radius 2 is 1.86 bits per heavy atom. The molecule has 0 N–H and O–H groups in total. The smallest absolute Gasteiger partial charge is 0.317 e. The molecule has 0 spiro atoms. The molecule has 144 valence electrons. The molecule has 6 nitrogen and oxygen atoms in total. The number of nitrogens with zero attached hydrogens (tertiary/aromatic N) is 4. The second kappa shape index (κ2) is 8.10. The standard InChI is InChI=1S/C21H21ClN4O2/c22-17-9-7-8-16(14-17)21(12-5-2-6-13-21)20(27)28-15-19-23-24-25-26(19)18-10-3-1-4-11-18/h1,3-4,7-11,14H,2,5-6,12-13,15H2. The second-order valence-corrected chi connectivity index (χ2v) is 7.51. The highest BCUT2D eigenvalue weighted by Crippen LogP contribution is 2.41. The van der Waals surface area contributed by atoms with Crippen LogP contribution in [0.3, 0.4) is 0 Å². The van der Waals surface area contributed by atoms with Crippen LogP contribution in [-0.4, -0.2) is 26.2 Å². The first kappa shape index (κ1) is 18.6. The molecule has 0 aliphatic heterocycles. The number of tetrazole rings is 1. The molecule has 3 aromatic rings. The van der Waals surface area contributed by atoms with E-state index in [9.17, 15) is 4.79 Å². The van der Waals surface area contributed by atoms with E-state index in [1.807, 2.05) is 54.6 Å². The third-order valence-electron chi connectivity index (χ3n) is 5.34. The number of hydrogen-bond donors (Lipinski definition) is 0. The van der Waals surface area contributed by atoms with Gasteiger partial charge in [0.25, 0.3) is 0 Å². The molecule has 0 unspecified atom stereocenters. The monoisotopic (exact) mass is 396 g/mol. The van der Waals surface area contributed by atoms with Crippen LogP contribution in [0.15, 0.2) is 54.6 Å². The largest absolute Gasteiger partial charge is 0.457 e. The minimum Gasteiger partial charge on any atom is -0.457 e. The lowest BCUT2D eigenvalue weighted by Crippen LogP contribution is -2.39. The van der Waals surface area contributed by atoms with Crippen molar-refractivity contribution in [3.05, 3.63) is 71.0 Å². The van der Waals surface area contributed by atoms with Crippen LogP contribution in [0.5, 0.6) is 0 Å². The van der Waals surface area contributed by atoms with Gasteiger partial charge < -0.3 is 4.74 Å². The van der Waals surface area contributed by atoms with Crippen molar-refractivity contribution in [3.63, 3.8) is 0 Å². The molecule has 0 saturated heterocycles. The Balaban J connectivity index is 1.56. The van der Waals surface area contributed by atoms with E-state index in [0.717, 1.165) is 43.4 Å². The number of carbonyl (C=O) groups is 1. The lowest BCUT2D eigenvalue weighted by molar-refractivity contribution is -0.154. The second-order valence-electron chi connectivity index (χ2n) is 7.07. The Kier molecular flexibility index (Phi) is 5.39. The predicted octanol–water partition coefficient (Wildman–Crippen LogP) is 4.26. The van der Waals surface area contributed by atoms with E-state index in [1.165, 1.54) is 0 Å². The first-order chi connectivity index (χ1) is 13.7. The van der Waals surface area contributed by atoms with E-state index < -0.39 is 5.41 Å². The molecular weight excluding hydrogens is 376 g/mol. The number of benzene rings is 2. The maximum Gasteiger partial charge on any atom is 0.317 e. The Bertz CT molecular complexity index is 952. The zero-order valence-corrected chi connectivity index (χ0v) is 16.2. The predicted molar refractivity (Wildman–Crippen MR) is 105 cm³/mol. The SMILES string of the molecule is O=C(OCc1nnnn1-c1ccccc1)C1(c2cccc(Cl)c2)CCCCC1. The molecule has 4 rings (SSSR count). The summed E-state index contributed by atoms with van der Waals surface area (Å²) >= 11 is 6.20. The minimum atomic E-state index is -0.659. The summed E-state index contributed by atoms with van der Waals surface area (Å²) in [4.78, 5) is 13.2. The fourth-order valence-corrected chi connectivity index (χ4v) is 4.08. The van der Waals surface area contributed by atoms with Crippen LogP contribution < -0.4 is 0 Å². The van der Waals surface area contributed by atoms with Gasteiger partial charge in [-0.25, -0.2) is 0 Å². The topological polar surface area (TPSA) is 69.9 Å².